The van der Waals surface area contributed by atoms with Gasteiger partial charge >= 0.3 is 37.4 Å². The van der Waals surface area contributed by atoms with E-state index in [1.54, 1.807) is 0 Å². The molecule has 0 heterocycles. The van der Waals surface area contributed by atoms with Crippen LogP contribution in [0.2, 0.25) is 0 Å². The zero-order chi connectivity index (χ0) is 4.50. The van der Waals surface area contributed by atoms with Crippen LogP contribution in [0.25, 0.3) is 0 Å². The number of hydrogen-bond donors (Lipinski definition) is 3. The average molecular weight is 266 g/mol. The van der Waals surface area contributed by atoms with Crippen molar-refractivity contribution in [1.82, 2.24) is 0 Å². The van der Waals surface area contributed by atoms with Gasteiger partial charge in [-0.1, -0.05) is 0 Å². The van der Waals surface area contributed by atoms with E-state index in [1.807, 2.05) is 0 Å². The summed E-state index contributed by atoms with van der Waals surface area (Å²) in [5.41, 5.74) is 0. The van der Waals surface area contributed by atoms with Crippen LogP contribution in [-0.4, -0.2) is 88.0 Å². The molecule has 14 heavy (non-hydrogen) atoms. The molecule has 19 N–H and O–H groups in total. The third kappa shape index (κ3) is 2850. The Labute approximate surface area is 101 Å². The van der Waals surface area contributed by atoms with Gasteiger partial charge in [-0.2, -0.15) is 0 Å². The zero-order valence-electron chi connectivity index (χ0n) is 6.20. The molecule has 0 unspecified atom stereocenters. The Kier molecular flexibility index (Phi) is 428. The summed E-state index contributed by atoms with van der Waals surface area (Å²) >= 11 is 0. The molecule has 12 nitrogen and oxygen atoms in total. The summed E-state index contributed by atoms with van der Waals surface area (Å²) in [6.07, 6.45) is 0. The molecule has 0 aliphatic rings. The summed E-state index contributed by atoms with van der Waals surface area (Å²) in [5.74, 6) is 0. The van der Waals surface area contributed by atoms with Crippen LogP contribution in [0.5, 0.6) is 0 Å². The molecule has 0 aromatic rings. The Morgan fingerprint density at radius 2 is 0.571 bits per heavy atom. The van der Waals surface area contributed by atoms with Crippen molar-refractivity contribution in [3.63, 3.8) is 0 Å². The fourth-order valence-corrected chi connectivity index (χ4v) is 0. The molecule has 0 saturated carbocycles. The van der Waals surface area contributed by atoms with E-state index in [4.69, 9.17) is 19.2 Å². The Balaban J connectivity index is -0.00000000222. The van der Waals surface area contributed by atoms with Gasteiger partial charge in [0.15, 0.2) is 0 Å². The molecule has 0 aliphatic carbocycles. The maximum absolute atomic E-state index is 8.88. The topological polar surface area (TPSA) is 330 Å². The summed E-state index contributed by atoms with van der Waals surface area (Å²) in [5, 5.41) is 0. The zero-order valence-corrected chi connectivity index (χ0v) is 7.09. The first-order chi connectivity index (χ1) is 2.00. The minimum absolute atomic E-state index is 0. The van der Waals surface area contributed by atoms with Gasteiger partial charge in [0.2, 0.25) is 0 Å². The maximum atomic E-state index is 8.88. The van der Waals surface area contributed by atoms with Crippen LogP contribution in [0.1, 0.15) is 0 Å². The van der Waals surface area contributed by atoms with Crippen LogP contribution in [0.4, 0.5) is 0 Å². The summed E-state index contributed by atoms with van der Waals surface area (Å²) in [6, 6.07) is 0. The quantitative estimate of drug-likeness (QED) is 0.283. The molecule has 0 aromatic heterocycles. The van der Waals surface area contributed by atoms with Crippen LogP contribution in [0, 0.1) is 0 Å². The van der Waals surface area contributed by atoms with Crippen molar-refractivity contribution in [1.29, 1.82) is 0 Å². The normalized spacial score (nSPS) is 4.21. The van der Waals surface area contributed by atoms with Crippen LogP contribution in [0.15, 0.2) is 0 Å². The van der Waals surface area contributed by atoms with Crippen molar-refractivity contribution < 1.29 is 63.1 Å². The van der Waals surface area contributed by atoms with E-state index in [-0.39, 0.29) is 73.4 Å². The molecule has 0 atom stereocenters. The third-order valence-electron chi connectivity index (χ3n) is 0. The van der Waals surface area contributed by atoms with Crippen molar-refractivity contribution >= 4 is 37.4 Å². The van der Waals surface area contributed by atoms with E-state index in [0.717, 1.165) is 0 Å². The molecule has 0 rings (SSSR count). The van der Waals surface area contributed by atoms with E-state index < -0.39 is 7.82 Å². The summed E-state index contributed by atoms with van der Waals surface area (Å²) in [7, 11) is -4.64. The molecule has 0 aliphatic heterocycles. The molecule has 0 fully saturated rings. The van der Waals surface area contributed by atoms with E-state index in [0.29, 0.717) is 0 Å². The second kappa shape index (κ2) is 48.9. The molecular formula is H20NaO12P. The standard InChI is InChI=1S/Na.H3O4P.8H2O.H/c;1-5(2,3)4;;;;;;;;;/h;(H3,1,2,3,4);8*1H2;. The molecule has 0 saturated heterocycles. The van der Waals surface area contributed by atoms with Crippen molar-refractivity contribution in [3.8, 4) is 0 Å². The van der Waals surface area contributed by atoms with Crippen LogP contribution in [0.3, 0.4) is 0 Å². The first-order valence-electron chi connectivity index (χ1n) is 0.783. The predicted molar refractivity (Wildman–Crippen MR) is 50.3 cm³/mol. The first kappa shape index (κ1) is 123. The van der Waals surface area contributed by atoms with Gasteiger partial charge in [-0.3, -0.25) is 0 Å². The van der Waals surface area contributed by atoms with E-state index in [9.17, 15) is 0 Å². The van der Waals surface area contributed by atoms with Gasteiger partial charge in [-0.15, -0.1) is 0 Å². The van der Waals surface area contributed by atoms with E-state index in [2.05, 4.69) is 0 Å². The molecule has 0 spiro atoms. The van der Waals surface area contributed by atoms with E-state index in [1.165, 1.54) is 0 Å². The predicted octanol–water partition coefficient (Wildman–Crippen LogP) is -8.17. The van der Waals surface area contributed by atoms with Gasteiger partial charge in [0.1, 0.15) is 0 Å². The van der Waals surface area contributed by atoms with Gasteiger partial charge in [0.25, 0.3) is 0 Å². The molecule has 98 valence electrons. The molecule has 0 aromatic carbocycles. The first-order valence-corrected chi connectivity index (χ1v) is 2.35. The van der Waals surface area contributed by atoms with Gasteiger partial charge in [0, 0.05) is 0 Å². The van der Waals surface area contributed by atoms with Crippen molar-refractivity contribution in [3.05, 3.63) is 0 Å². The Bertz CT molecular complexity index is 56.5. The van der Waals surface area contributed by atoms with Crippen molar-refractivity contribution in [2.45, 2.75) is 0 Å². The van der Waals surface area contributed by atoms with Crippen LogP contribution < -0.4 is 0 Å². The second-order valence-corrected chi connectivity index (χ2v) is 1.54. The summed E-state index contributed by atoms with van der Waals surface area (Å²) < 4.78 is 8.88. The molecule has 0 radical (unpaired) electrons. The fraction of sp³-hybridized carbons (Fsp3) is 0. The van der Waals surface area contributed by atoms with Gasteiger partial charge in [-0.25, -0.2) is 4.57 Å². The van der Waals surface area contributed by atoms with Crippen LogP contribution >= 0.6 is 7.82 Å². The van der Waals surface area contributed by atoms with Crippen molar-refractivity contribution in [2.24, 2.45) is 0 Å². The Morgan fingerprint density at radius 3 is 0.571 bits per heavy atom. The van der Waals surface area contributed by atoms with Crippen molar-refractivity contribution in [2.75, 3.05) is 0 Å². The third-order valence-corrected chi connectivity index (χ3v) is 0. The second-order valence-electron chi connectivity index (χ2n) is 0.513. The molecule has 0 amide bonds. The number of hydrogen-bond acceptors (Lipinski definition) is 1. The average Bonchev–Trinajstić information content (AvgIpc) is 0.722. The molecule has 0 bridgehead atoms. The van der Waals surface area contributed by atoms with Crippen LogP contribution in [-0.2, 0) is 4.57 Å². The summed E-state index contributed by atoms with van der Waals surface area (Å²) in [4.78, 5) is 21.6. The monoisotopic (exact) mass is 266 g/mol. The molecular weight excluding hydrogens is 246 g/mol. The summed E-state index contributed by atoms with van der Waals surface area (Å²) in [6.45, 7) is 0. The fourth-order valence-electron chi connectivity index (χ4n) is 0. The number of phosphoric acid groups is 1. The minimum atomic E-state index is -4.64. The Morgan fingerprint density at radius 1 is 0.571 bits per heavy atom. The molecule has 14 heteroatoms. The van der Waals surface area contributed by atoms with Gasteiger partial charge in [-0.05, 0) is 0 Å². The number of rotatable bonds is 0. The Hall–Kier alpha value is 0.790. The van der Waals surface area contributed by atoms with Gasteiger partial charge < -0.3 is 58.5 Å². The van der Waals surface area contributed by atoms with E-state index >= 15 is 0 Å². The SMILES string of the molecule is O.O.O.O.O.O.O.O.O=P(O)(O)O.[NaH]. The van der Waals surface area contributed by atoms with Gasteiger partial charge in [0.05, 0.1) is 0 Å².